The fourth-order valence-corrected chi connectivity index (χ4v) is 4.03. The summed E-state index contributed by atoms with van der Waals surface area (Å²) < 4.78 is 5.71. The number of nitrogens with zero attached hydrogens (tertiary/aromatic N) is 1. The number of hydrogen-bond acceptors (Lipinski definition) is 4. The predicted molar refractivity (Wildman–Crippen MR) is 73.2 cm³/mol. The van der Waals surface area contributed by atoms with Crippen molar-refractivity contribution in [2.24, 2.45) is 0 Å². The molecule has 0 bridgehead atoms. The van der Waals surface area contributed by atoms with Crippen molar-refractivity contribution >= 4 is 17.1 Å². The molecule has 1 aliphatic heterocycles. The number of ketones is 1. The van der Waals surface area contributed by atoms with Crippen LogP contribution >= 0.6 is 11.3 Å². The van der Waals surface area contributed by atoms with Crippen LogP contribution in [0.2, 0.25) is 0 Å². The molecule has 4 rings (SSSR count). The van der Waals surface area contributed by atoms with Crippen LogP contribution in [0.5, 0.6) is 5.75 Å². The van der Waals surface area contributed by atoms with Crippen LogP contribution in [0.25, 0.3) is 0 Å². The van der Waals surface area contributed by atoms with Gasteiger partial charge in [0.25, 0.3) is 0 Å². The molecule has 3 nitrogen and oxygen atoms in total. The lowest BCUT2D eigenvalue weighted by Crippen LogP contribution is -2.09. The van der Waals surface area contributed by atoms with E-state index in [1.807, 2.05) is 18.2 Å². The van der Waals surface area contributed by atoms with Crippen LogP contribution in [-0.2, 0) is 6.42 Å². The standard InChI is InChI=1S/C15H13NO2S/c17-11-5-3-7-13-14(11)16-15(19-13)10-8-18-12-6-2-1-4-9(10)12/h1-2,4,6,10H,3,5,7-8H2. The highest BCUT2D eigenvalue weighted by atomic mass is 32.1. The fraction of sp³-hybridized carbons (Fsp3) is 0.333. The van der Waals surface area contributed by atoms with Gasteiger partial charge in [-0.25, -0.2) is 4.98 Å². The lowest BCUT2D eigenvalue weighted by atomic mass is 10.0. The van der Waals surface area contributed by atoms with Gasteiger partial charge in [-0.3, -0.25) is 4.79 Å². The molecule has 96 valence electrons. The average molecular weight is 271 g/mol. The zero-order chi connectivity index (χ0) is 12.8. The molecule has 0 amide bonds. The van der Waals surface area contributed by atoms with Gasteiger partial charge in [0.1, 0.15) is 23.1 Å². The Balaban J connectivity index is 1.77. The van der Waals surface area contributed by atoms with Crippen LogP contribution in [0.15, 0.2) is 24.3 Å². The third-order valence-corrected chi connectivity index (χ3v) is 5.01. The van der Waals surface area contributed by atoms with E-state index >= 15 is 0 Å². The zero-order valence-electron chi connectivity index (χ0n) is 10.4. The molecule has 19 heavy (non-hydrogen) atoms. The molecule has 0 fully saturated rings. The Bertz CT molecular complexity index is 662. The highest BCUT2D eigenvalue weighted by Crippen LogP contribution is 2.40. The summed E-state index contributed by atoms with van der Waals surface area (Å²) in [6.07, 6.45) is 2.60. The van der Waals surface area contributed by atoms with Gasteiger partial charge in [0, 0.05) is 16.9 Å². The first-order chi connectivity index (χ1) is 9.33. The van der Waals surface area contributed by atoms with Crippen molar-refractivity contribution < 1.29 is 9.53 Å². The van der Waals surface area contributed by atoms with Crippen LogP contribution in [0.4, 0.5) is 0 Å². The normalized spacial score (nSPS) is 20.8. The third-order valence-electron chi connectivity index (χ3n) is 3.78. The molecule has 1 aromatic heterocycles. The van der Waals surface area contributed by atoms with E-state index < -0.39 is 0 Å². The summed E-state index contributed by atoms with van der Waals surface area (Å²) in [4.78, 5) is 17.6. The lowest BCUT2D eigenvalue weighted by molar-refractivity contribution is 0.0968. The van der Waals surface area contributed by atoms with E-state index in [0.29, 0.717) is 13.0 Å². The van der Waals surface area contributed by atoms with Gasteiger partial charge in [-0.1, -0.05) is 18.2 Å². The SMILES string of the molecule is O=C1CCCc2sc(C3COc4ccccc43)nc21. The summed E-state index contributed by atoms with van der Waals surface area (Å²) in [7, 11) is 0. The summed E-state index contributed by atoms with van der Waals surface area (Å²) >= 11 is 1.69. The Hall–Kier alpha value is -1.68. The van der Waals surface area contributed by atoms with E-state index in [9.17, 15) is 4.79 Å². The summed E-state index contributed by atoms with van der Waals surface area (Å²) in [5.41, 5.74) is 1.91. The maximum Gasteiger partial charge on any atom is 0.182 e. The molecular formula is C15H13NO2S. The van der Waals surface area contributed by atoms with Crippen molar-refractivity contribution in [3.8, 4) is 5.75 Å². The number of carbonyl (C=O) groups excluding carboxylic acids is 1. The quantitative estimate of drug-likeness (QED) is 0.799. The first-order valence-corrected chi connectivity index (χ1v) is 7.39. The van der Waals surface area contributed by atoms with E-state index in [0.717, 1.165) is 34.2 Å². The molecular weight excluding hydrogens is 258 g/mol. The number of aryl methyl sites for hydroxylation is 1. The van der Waals surface area contributed by atoms with Gasteiger partial charge in [0.2, 0.25) is 0 Å². The molecule has 2 aliphatic rings. The molecule has 1 aromatic carbocycles. The van der Waals surface area contributed by atoms with Gasteiger partial charge >= 0.3 is 0 Å². The van der Waals surface area contributed by atoms with E-state index in [2.05, 4.69) is 11.1 Å². The number of fused-ring (bicyclic) bond motifs is 2. The summed E-state index contributed by atoms with van der Waals surface area (Å²) in [5, 5.41) is 1.03. The molecule has 0 N–H and O–H groups in total. The van der Waals surface area contributed by atoms with Gasteiger partial charge in [0.05, 0.1) is 5.92 Å². The maximum atomic E-state index is 11.9. The smallest absolute Gasteiger partial charge is 0.182 e. The second-order valence-electron chi connectivity index (χ2n) is 5.00. The maximum absolute atomic E-state index is 11.9. The van der Waals surface area contributed by atoms with Crippen molar-refractivity contribution in [2.45, 2.75) is 25.2 Å². The minimum Gasteiger partial charge on any atom is -0.492 e. The number of Topliss-reactive ketones (excluding diaryl/α,β-unsaturated/α-hetero) is 1. The van der Waals surface area contributed by atoms with Crippen molar-refractivity contribution in [1.29, 1.82) is 0 Å². The number of carbonyl (C=O) groups is 1. The molecule has 4 heteroatoms. The van der Waals surface area contributed by atoms with E-state index in [1.54, 1.807) is 11.3 Å². The molecule has 0 spiro atoms. The number of para-hydroxylation sites is 1. The molecule has 2 heterocycles. The van der Waals surface area contributed by atoms with Crippen molar-refractivity contribution in [3.63, 3.8) is 0 Å². The number of hydrogen-bond donors (Lipinski definition) is 0. The van der Waals surface area contributed by atoms with Gasteiger partial charge in [-0.05, 0) is 18.9 Å². The molecule has 0 saturated heterocycles. The fourth-order valence-electron chi connectivity index (χ4n) is 2.80. The van der Waals surface area contributed by atoms with Gasteiger partial charge in [-0.2, -0.15) is 0 Å². The Morgan fingerprint density at radius 2 is 2.16 bits per heavy atom. The molecule has 0 radical (unpaired) electrons. The molecule has 1 atom stereocenters. The summed E-state index contributed by atoms with van der Waals surface area (Å²) in [6.45, 7) is 0.639. The van der Waals surface area contributed by atoms with E-state index in [1.165, 1.54) is 5.56 Å². The van der Waals surface area contributed by atoms with Crippen molar-refractivity contribution in [2.75, 3.05) is 6.61 Å². The average Bonchev–Trinajstić information content (AvgIpc) is 3.02. The second-order valence-corrected chi connectivity index (χ2v) is 6.12. The molecule has 1 aliphatic carbocycles. The first-order valence-electron chi connectivity index (χ1n) is 6.57. The Morgan fingerprint density at radius 1 is 1.26 bits per heavy atom. The van der Waals surface area contributed by atoms with Crippen LogP contribution in [0, 0.1) is 0 Å². The predicted octanol–water partition coefficient (Wildman–Crippen LogP) is 3.19. The third kappa shape index (κ3) is 1.70. The summed E-state index contributed by atoms with van der Waals surface area (Å²) in [5.74, 6) is 1.35. The first kappa shape index (κ1) is 11.2. The highest BCUT2D eigenvalue weighted by molar-refractivity contribution is 7.12. The van der Waals surface area contributed by atoms with Crippen LogP contribution in [-0.4, -0.2) is 17.4 Å². The lowest BCUT2D eigenvalue weighted by Gasteiger charge is -2.06. The van der Waals surface area contributed by atoms with Crippen LogP contribution in [0.3, 0.4) is 0 Å². The number of rotatable bonds is 1. The molecule has 1 unspecified atom stereocenters. The highest BCUT2D eigenvalue weighted by Gasteiger charge is 2.31. The Kier molecular flexibility index (Phi) is 2.45. The van der Waals surface area contributed by atoms with Crippen LogP contribution in [0.1, 0.15) is 44.7 Å². The van der Waals surface area contributed by atoms with Gasteiger partial charge in [-0.15, -0.1) is 11.3 Å². The zero-order valence-corrected chi connectivity index (χ0v) is 11.2. The Labute approximate surface area is 115 Å². The topological polar surface area (TPSA) is 39.2 Å². The van der Waals surface area contributed by atoms with Gasteiger partial charge < -0.3 is 4.74 Å². The van der Waals surface area contributed by atoms with Crippen molar-refractivity contribution in [1.82, 2.24) is 4.98 Å². The monoisotopic (exact) mass is 271 g/mol. The molecule has 0 saturated carbocycles. The number of aromatic nitrogens is 1. The minimum absolute atomic E-state index is 0.194. The number of ether oxygens (including phenoxy) is 1. The van der Waals surface area contributed by atoms with E-state index in [4.69, 9.17) is 4.74 Å². The second kappa shape index (κ2) is 4.17. The van der Waals surface area contributed by atoms with Crippen LogP contribution < -0.4 is 4.74 Å². The van der Waals surface area contributed by atoms with Crippen molar-refractivity contribution in [3.05, 3.63) is 45.4 Å². The van der Waals surface area contributed by atoms with E-state index in [-0.39, 0.29) is 11.7 Å². The van der Waals surface area contributed by atoms with Gasteiger partial charge in [0.15, 0.2) is 5.78 Å². The summed E-state index contributed by atoms with van der Waals surface area (Å²) in [6, 6.07) is 8.10. The molecule has 2 aromatic rings. The Morgan fingerprint density at radius 3 is 3.05 bits per heavy atom. The number of benzene rings is 1. The number of thiazole rings is 1. The largest absolute Gasteiger partial charge is 0.492 e. The minimum atomic E-state index is 0.194.